The van der Waals surface area contributed by atoms with E-state index in [-0.39, 0.29) is 37.3 Å². The smallest absolute Gasteiger partial charge is 0.369 e. The van der Waals surface area contributed by atoms with Gasteiger partial charge in [0.05, 0.1) is 31.7 Å². The minimum atomic E-state index is -4.06. The number of benzene rings is 2. The summed E-state index contributed by atoms with van der Waals surface area (Å²) in [6.45, 7) is 1.76. The summed E-state index contributed by atoms with van der Waals surface area (Å²) in [5, 5.41) is 0. The number of hydrogen-bond acceptors (Lipinski definition) is 8. The summed E-state index contributed by atoms with van der Waals surface area (Å²) in [7, 11) is -4.06. The summed E-state index contributed by atoms with van der Waals surface area (Å²) in [5.41, 5.74) is 8.93. The van der Waals surface area contributed by atoms with Gasteiger partial charge in [-0.3, -0.25) is 24.2 Å². The van der Waals surface area contributed by atoms with Gasteiger partial charge in [0.2, 0.25) is 5.95 Å². The number of ether oxygens (including phenoxy) is 1. The minimum absolute atomic E-state index is 0.0117. The van der Waals surface area contributed by atoms with Gasteiger partial charge in [-0.05, 0) is 23.6 Å². The molecule has 38 heavy (non-hydrogen) atoms. The van der Waals surface area contributed by atoms with Crippen LogP contribution in [0.1, 0.15) is 11.1 Å². The Balaban J connectivity index is 1.40. The molecule has 4 rings (SSSR count). The average Bonchev–Trinajstić information content (AvgIpc) is 3.47. The Morgan fingerprint density at radius 2 is 1.89 bits per heavy atom. The molecular formula is C25H28N7O5P. The summed E-state index contributed by atoms with van der Waals surface area (Å²) >= 11 is 0. The van der Waals surface area contributed by atoms with Gasteiger partial charge in [-0.25, -0.2) is 13.9 Å². The Bertz CT molecular complexity index is 1460. The molecule has 198 valence electrons. The highest BCUT2D eigenvalue weighted by Crippen LogP contribution is 2.42. The first-order chi connectivity index (χ1) is 18.3. The Kier molecular flexibility index (Phi) is 8.82. The maximum atomic E-state index is 12.2. The van der Waals surface area contributed by atoms with Crippen molar-refractivity contribution in [2.24, 2.45) is 4.99 Å². The fourth-order valence-electron chi connectivity index (χ4n) is 3.49. The normalized spacial score (nSPS) is 13.0. The van der Waals surface area contributed by atoms with Crippen LogP contribution >= 0.6 is 7.75 Å². The highest BCUT2D eigenvalue weighted by molar-refractivity contribution is 7.51. The van der Waals surface area contributed by atoms with E-state index < -0.39 is 7.75 Å². The minimum Gasteiger partial charge on any atom is -0.369 e. The second kappa shape index (κ2) is 12.4. The van der Waals surface area contributed by atoms with Crippen LogP contribution in [0.25, 0.3) is 11.1 Å². The summed E-state index contributed by atoms with van der Waals surface area (Å²) in [5.74, 6) is 0.233. The zero-order valence-corrected chi connectivity index (χ0v) is 21.6. The van der Waals surface area contributed by atoms with Gasteiger partial charge in [0.25, 0.3) is 5.56 Å². The molecule has 1 atom stereocenters. The number of rotatable bonds is 12. The highest BCUT2D eigenvalue weighted by Gasteiger charge is 2.21. The topological polar surface area (TPSA) is 161 Å². The molecule has 0 fully saturated rings. The van der Waals surface area contributed by atoms with Gasteiger partial charge in [0.1, 0.15) is 18.9 Å². The average molecular weight is 538 g/mol. The van der Waals surface area contributed by atoms with Crippen molar-refractivity contribution in [3.05, 3.63) is 94.8 Å². The number of hydrogen-bond donors (Lipinski definition) is 3. The van der Waals surface area contributed by atoms with Gasteiger partial charge >= 0.3 is 7.75 Å². The quantitative estimate of drug-likeness (QED) is 0.0810. The lowest BCUT2D eigenvalue weighted by atomic mass is 10.0. The van der Waals surface area contributed by atoms with E-state index in [1.807, 2.05) is 42.5 Å². The summed E-state index contributed by atoms with van der Waals surface area (Å²) in [6, 6.07) is 18.1. The Labute approximate surface area is 219 Å². The van der Waals surface area contributed by atoms with E-state index in [1.165, 1.54) is 30.0 Å². The highest BCUT2D eigenvalue weighted by atomic mass is 31.2. The molecule has 4 aromatic rings. The van der Waals surface area contributed by atoms with Crippen molar-refractivity contribution in [3.8, 4) is 11.1 Å². The first-order valence-corrected chi connectivity index (χ1v) is 13.2. The van der Waals surface area contributed by atoms with Crippen LogP contribution in [0.3, 0.4) is 0 Å². The third-order valence-corrected chi connectivity index (χ3v) is 6.81. The molecule has 0 amide bonds. The summed E-state index contributed by atoms with van der Waals surface area (Å²) in [6.07, 6.45) is 5.42. The molecule has 0 aliphatic carbocycles. The number of H-pyrrole nitrogens is 1. The maximum absolute atomic E-state index is 12.2. The first-order valence-electron chi connectivity index (χ1n) is 11.6. The molecule has 2 aromatic heterocycles. The Morgan fingerprint density at radius 1 is 1.16 bits per heavy atom. The van der Waals surface area contributed by atoms with Gasteiger partial charge in [-0.1, -0.05) is 54.6 Å². The predicted molar refractivity (Wildman–Crippen MR) is 145 cm³/mol. The number of nitrogens with two attached hydrogens (primary N) is 1. The predicted octanol–water partition coefficient (Wildman–Crippen LogP) is 3.20. The summed E-state index contributed by atoms with van der Waals surface area (Å²) in [4.78, 5) is 38.7. The van der Waals surface area contributed by atoms with Crippen LogP contribution in [0, 0.1) is 6.92 Å². The number of anilines is 2. The van der Waals surface area contributed by atoms with Crippen molar-refractivity contribution >= 4 is 25.9 Å². The number of aliphatic imine (C=N–C) groups is 1. The van der Waals surface area contributed by atoms with Crippen molar-refractivity contribution in [1.29, 1.82) is 0 Å². The van der Waals surface area contributed by atoms with Crippen LogP contribution < -0.4 is 16.2 Å². The largest absolute Gasteiger partial charge is 0.437 e. The molecule has 0 radical (unpaired) electrons. The standard InChI is InChI=1S/C25H28N7O5P/c1-19-23(29-25(26)30-24(19)33)31(18-36-13-14-37-38(34,35)32-12-11-27-17-32)16-28-15-20-7-9-22(10-8-20)21-5-3-2-4-6-21/h2-12,16-17H,13-15,18H2,1H3,(H,34,35)(H3,26,29,30,33)/b28-16+. The number of aromatic nitrogens is 4. The zero-order valence-electron chi connectivity index (χ0n) is 20.7. The van der Waals surface area contributed by atoms with Crippen molar-refractivity contribution in [1.82, 2.24) is 19.3 Å². The van der Waals surface area contributed by atoms with Crippen molar-refractivity contribution in [2.45, 2.75) is 13.5 Å². The Morgan fingerprint density at radius 3 is 2.61 bits per heavy atom. The molecule has 0 bridgehead atoms. The molecule has 12 nitrogen and oxygen atoms in total. The zero-order chi connectivity index (χ0) is 27.0. The second-order valence-corrected chi connectivity index (χ2v) is 9.89. The van der Waals surface area contributed by atoms with Gasteiger partial charge in [0, 0.05) is 12.4 Å². The molecule has 2 aromatic carbocycles. The van der Waals surface area contributed by atoms with E-state index in [1.54, 1.807) is 6.92 Å². The monoisotopic (exact) mass is 537 g/mol. The van der Waals surface area contributed by atoms with Crippen molar-refractivity contribution in [3.63, 3.8) is 0 Å². The van der Waals surface area contributed by atoms with Crippen molar-refractivity contribution < 1.29 is 18.7 Å². The second-order valence-electron chi connectivity index (χ2n) is 8.19. The third kappa shape index (κ3) is 7.02. The van der Waals surface area contributed by atoms with E-state index in [9.17, 15) is 14.3 Å². The molecule has 0 saturated carbocycles. The third-order valence-electron chi connectivity index (χ3n) is 5.47. The van der Waals surface area contributed by atoms with E-state index in [0.29, 0.717) is 12.1 Å². The first kappa shape index (κ1) is 27.0. The molecule has 13 heteroatoms. The van der Waals surface area contributed by atoms with Crippen LogP contribution in [0.5, 0.6) is 0 Å². The lowest BCUT2D eigenvalue weighted by molar-refractivity contribution is 0.0997. The van der Waals surface area contributed by atoms with Crippen molar-refractivity contribution in [2.75, 3.05) is 30.6 Å². The number of aromatic amines is 1. The van der Waals surface area contributed by atoms with E-state index >= 15 is 0 Å². The van der Waals surface area contributed by atoms with Gasteiger partial charge in [-0.2, -0.15) is 4.98 Å². The van der Waals surface area contributed by atoms with Gasteiger partial charge in [0.15, 0.2) is 0 Å². The van der Waals surface area contributed by atoms with Gasteiger partial charge < -0.3 is 15.4 Å². The van der Waals surface area contributed by atoms with E-state index in [4.69, 9.17) is 15.0 Å². The van der Waals surface area contributed by atoms with Crippen LogP contribution in [0.4, 0.5) is 11.8 Å². The fourth-order valence-corrected chi connectivity index (χ4v) is 4.35. The summed E-state index contributed by atoms with van der Waals surface area (Å²) < 4.78 is 23.9. The molecule has 0 aliphatic rings. The molecular weight excluding hydrogens is 509 g/mol. The number of nitrogen functional groups attached to an aromatic ring is 1. The fraction of sp³-hybridized carbons (Fsp3) is 0.200. The molecule has 0 saturated heterocycles. The molecule has 2 heterocycles. The number of nitrogens with zero attached hydrogens (tertiary/aromatic N) is 5. The lowest BCUT2D eigenvalue weighted by Gasteiger charge is -2.20. The maximum Gasteiger partial charge on any atom is 0.437 e. The van der Waals surface area contributed by atoms with Crippen LogP contribution in [0.15, 0.2) is 83.1 Å². The van der Waals surface area contributed by atoms with Crippen LogP contribution in [0.2, 0.25) is 0 Å². The van der Waals surface area contributed by atoms with E-state index in [0.717, 1.165) is 21.0 Å². The SMILES string of the molecule is Cc1c(N(/C=N/Cc2ccc(-c3ccccc3)cc2)COCCOP(=O)(O)n2ccnc2)nc(N)[nH]c1=O. The van der Waals surface area contributed by atoms with Crippen LogP contribution in [-0.2, 0) is 20.4 Å². The molecule has 0 aliphatic heterocycles. The lowest BCUT2D eigenvalue weighted by Crippen LogP contribution is -2.30. The Hall–Kier alpha value is -4.09. The number of imidazole rings is 1. The van der Waals surface area contributed by atoms with Gasteiger partial charge in [-0.15, -0.1) is 0 Å². The van der Waals surface area contributed by atoms with Crippen LogP contribution in [-0.4, -0.2) is 50.5 Å². The molecule has 0 spiro atoms. The van der Waals surface area contributed by atoms with E-state index in [2.05, 4.69) is 32.1 Å². The molecule has 4 N–H and O–H groups in total. The number of nitrogens with one attached hydrogen (secondary N) is 1. The molecule has 1 unspecified atom stereocenters.